The summed E-state index contributed by atoms with van der Waals surface area (Å²) in [6.45, 7) is 1.43. The first kappa shape index (κ1) is 12.0. The first-order valence-corrected chi connectivity index (χ1v) is 6.26. The van der Waals surface area contributed by atoms with Gasteiger partial charge < -0.3 is 10.5 Å². The molecule has 1 heterocycles. The molecule has 1 aliphatic heterocycles. The van der Waals surface area contributed by atoms with E-state index in [1.165, 1.54) is 6.07 Å². The second-order valence-corrected chi connectivity index (χ2v) is 5.08. The topological polar surface area (TPSA) is 35.2 Å². The molecule has 1 fully saturated rings. The second-order valence-electron chi connectivity index (χ2n) is 4.17. The van der Waals surface area contributed by atoms with Crippen LogP contribution in [0.15, 0.2) is 22.7 Å². The molecule has 0 spiro atoms. The van der Waals surface area contributed by atoms with Crippen LogP contribution in [0.5, 0.6) is 0 Å². The zero-order valence-corrected chi connectivity index (χ0v) is 10.5. The Labute approximate surface area is 103 Å². The summed E-state index contributed by atoms with van der Waals surface area (Å²) in [5.74, 6) is -0.0150. The van der Waals surface area contributed by atoms with E-state index in [4.69, 9.17) is 10.5 Å². The minimum Gasteiger partial charge on any atom is -0.381 e. The predicted molar refractivity (Wildman–Crippen MR) is 64.6 cm³/mol. The summed E-state index contributed by atoms with van der Waals surface area (Å²) >= 11 is 3.34. The van der Waals surface area contributed by atoms with Crippen molar-refractivity contribution in [2.45, 2.75) is 18.9 Å². The first-order chi connectivity index (χ1) is 7.68. The minimum atomic E-state index is -0.280. The van der Waals surface area contributed by atoms with E-state index >= 15 is 0 Å². The Hall–Kier alpha value is -0.450. The molecule has 4 heteroatoms. The van der Waals surface area contributed by atoms with Gasteiger partial charge in [-0.3, -0.25) is 0 Å². The van der Waals surface area contributed by atoms with Crippen LogP contribution in [0.4, 0.5) is 4.39 Å². The number of nitrogens with two attached hydrogens (primary N) is 1. The normalized spacial score (nSPS) is 23.1. The van der Waals surface area contributed by atoms with Gasteiger partial charge in [0.1, 0.15) is 5.82 Å². The fourth-order valence-electron chi connectivity index (χ4n) is 2.07. The highest BCUT2D eigenvalue weighted by Gasteiger charge is 2.24. The van der Waals surface area contributed by atoms with Gasteiger partial charge in [0, 0.05) is 28.6 Å². The van der Waals surface area contributed by atoms with Gasteiger partial charge in [0.2, 0.25) is 0 Å². The number of halogens is 2. The maximum atomic E-state index is 13.6. The molecule has 2 atom stereocenters. The summed E-state index contributed by atoms with van der Waals surface area (Å²) in [6, 6.07) is 4.61. The van der Waals surface area contributed by atoms with Crippen molar-refractivity contribution in [3.63, 3.8) is 0 Å². The Morgan fingerprint density at radius 3 is 3.00 bits per heavy atom. The highest BCUT2D eigenvalue weighted by atomic mass is 79.9. The molecule has 1 saturated heterocycles. The van der Waals surface area contributed by atoms with Crippen molar-refractivity contribution in [1.82, 2.24) is 0 Å². The van der Waals surface area contributed by atoms with Gasteiger partial charge in [0.25, 0.3) is 0 Å². The lowest BCUT2D eigenvalue weighted by molar-refractivity contribution is 0.0443. The number of hydrogen-bond acceptors (Lipinski definition) is 2. The summed E-state index contributed by atoms with van der Waals surface area (Å²) in [5, 5.41) is 0. The summed E-state index contributed by atoms with van der Waals surface area (Å²) in [7, 11) is 0. The molecule has 1 aliphatic rings. The molecule has 2 N–H and O–H groups in total. The molecular formula is C12H15BrFNO. The Morgan fingerprint density at radius 2 is 2.31 bits per heavy atom. The van der Waals surface area contributed by atoms with Crippen LogP contribution in [-0.4, -0.2) is 13.2 Å². The standard InChI is InChI=1S/C12H15BrFNO/c13-9-3-4-11(14)10(6-9)12(15)8-2-1-5-16-7-8/h3-4,6,8,12H,1-2,5,7,15H2. The van der Waals surface area contributed by atoms with Gasteiger partial charge in [0.05, 0.1) is 6.61 Å². The van der Waals surface area contributed by atoms with Crippen molar-refractivity contribution in [2.24, 2.45) is 11.7 Å². The Bertz CT molecular complexity index is 366. The van der Waals surface area contributed by atoms with E-state index in [0.717, 1.165) is 23.9 Å². The molecule has 2 unspecified atom stereocenters. The Balaban J connectivity index is 2.18. The van der Waals surface area contributed by atoms with E-state index in [9.17, 15) is 4.39 Å². The smallest absolute Gasteiger partial charge is 0.128 e. The van der Waals surface area contributed by atoms with Gasteiger partial charge in [-0.2, -0.15) is 0 Å². The first-order valence-electron chi connectivity index (χ1n) is 5.47. The molecule has 0 aliphatic carbocycles. The van der Waals surface area contributed by atoms with E-state index in [2.05, 4.69) is 15.9 Å². The van der Waals surface area contributed by atoms with E-state index in [1.807, 2.05) is 0 Å². The van der Waals surface area contributed by atoms with Crippen LogP contribution in [0.1, 0.15) is 24.4 Å². The lowest BCUT2D eigenvalue weighted by atomic mass is 9.89. The van der Waals surface area contributed by atoms with Gasteiger partial charge in [-0.1, -0.05) is 15.9 Å². The molecule has 0 amide bonds. The zero-order valence-electron chi connectivity index (χ0n) is 8.96. The molecular weight excluding hydrogens is 273 g/mol. The minimum absolute atomic E-state index is 0.220. The molecule has 0 saturated carbocycles. The van der Waals surface area contributed by atoms with Crippen LogP contribution in [0.2, 0.25) is 0 Å². The molecule has 0 radical (unpaired) electrons. The molecule has 0 bridgehead atoms. The third-order valence-corrected chi connectivity index (χ3v) is 3.51. The number of ether oxygens (including phenoxy) is 1. The van der Waals surface area contributed by atoms with Crippen molar-refractivity contribution >= 4 is 15.9 Å². The van der Waals surface area contributed by atoms with E-state index in [1.54, 1.807) is 12.1 Å². The highest BCUT2D eigenvalue weighted by Crippen LogP contribution is 2.29. The van der Waals surface area contributed by atoms with Crippen LogP contribution in [0.25, 0.3) is 0 Å². The third-order valence-electron chi connectivity index (χ3n) is 3.02. The SMILES string of the molecule is NC(c1cc(Br)ccc1F)C1CCCOC1. The van der Waals surface area contributed by atoms with Gasteiger partial charge in [0.15, 0.2) is 0 Å². The molecule has 1 aromatic carbocycles. The molecule has 2 nitrogen and oxygen atoms in total. The largest absolute Gasteiger partial charge is 0.381 e. The van der Waals surface area contributed by atoms with Crippen LogP contribution >= 0.6 is 15.9 Å². The fourth-order valence-corrected chi connectivity index (χ4v) is 2.45. The van der Waals surface area contributed by atoms with Crippen LogP contribution in [-0.2, 0) is 4.74 Å². The van der Waals surface area contributed by atoms with Crippen LogP contribution in [0, 0.1) is 11.7 Å². The van der Waals surface area contributed by atoms with E-state index < -0.39 is 0 Å². The summed E-state index contributed by atoms with van der Waals surface area (Å²) in [5.41, 5.74) is 6.67. The summed E-state index contributed by atoms with van der Waals surface area (Å²) < 4.78 is 19.9. The summed E-state index contributed by atoms with van der Waals surface area (Å²) in [6.07, 6.45) is 2.01. The van der Waals surface area contributed by atoms with Gasteiger partial charge in [-0.15, -0.1) is 0 Å². The number of rotatable bonds is 2. The third kappa shape index (κ3) is 2.62. The molecule has 2 rings (SSSR count). The van der Waals surface area contributed by atoms with Gasteiger partial charge in [-0.25, -0.2) is 4.39 Å². The maximum Gasteiger partial charge on any atom is 0.128 e. The number of hydrogen-bond donors (Lipinski definition) is 1. The predicted octanol–water partition coefficient (Wildman–Crippen LogP) is 3.01. The van der Waals surface area contributed by atoms with Crippen molar-refractivity contribution < 1.29 is 9.13 Å². The van der Waals surface area contributed by atoms with Crippen LogP contribution < -0.4 is 5.73 Å². The highest BCUT2D eigenvalue weighted by molar-refractivity contribution is 9.10. The maximum absolute atomic E-state index is 13.6. The quantitative estimate of drug-likeness (QED) is 0.908. The average Bonchev–Trinajstić information content (AvgIpc) is 2.32. The average molecular weight is 288 g/mol. The Morgan fingerprint density at radius 1 is 1.50 bits per heavy atom. The second kappa shape index (κ2) is 5.25. The molecule has 88 valence electrons. The molecule has 0 aromatic heterocycles. The van der Waals surface area contributed by atoms with Gasteiger partial charge >= 0.3 is 0 Å². The van der Waals surface area contributed by atoms with Crippen molar-refractivity contribution in [3.8, 4) is 0 Å². The number of benzene rings is 1. The van der Waals surface area contributed by atoms with Crippen molar-refractivity contribution in [2.75, 3.05) is 13.2 Å². The fraction of sp³-hybridized carbons (Fsp3) is 0.500. The lowest BCUT2D eigenvalue weighted by Gasteiger charge is -2.28. The Kier molecular flexibility index (Phi) is 3.95. The zero-order chi connectivity index (χ0) is 11.5. The van der Waals surface area contributed by atoms with Gasteiger partial charge in [-0.05, 0) is 31.0 Å². The monoisotopic (exact) mass is 287 g/mol. The van der Waals surface area contributed by atoms with Crippen LogP contribution in [0.3, 0.4) is 0 Å². The molecule has 1 aromatic rings. The van der Waals surface area contributed by atoms with E-state index in [-0.39, 0.29) is 17.8 Å². The summed E-state index contributed by atoms with van der Waals surface area (Å²) in [4.78, 5) is 0. The van der Waals surface area contributed by atoms with Crippen molar-refractivity contribution in [1.29, 1.82) is 0 Å². The lowest BCUT2D eigenvalue weighted by Crippen LogP contribution is -2.29. The molecule has 16 heavy (non-hydrogen) atoms. The van der Waals surface area contributed by atoms with Crippen molar-refractivity contribution in [3.05, 3.63) is 34.1 Å². The van der Waals surface area contributed by atoms with E-state index in [0.29, 0.717) is 12.2 Å².